The first-order valence-electron chi connectivity index (χ1n) is 8.21. The highest BCUT2D eigenvalue weighted by molar-refractivity contribution is 5.94. The van der Waals surface area contributed by atoms with Crippen LogP contribution in [0.25, 0.3) is 0 Å². The number of amides is 1. The van der Waals surface area contributed by atoms with Gasteiger partial charge in [-0.2, -0.15) is 0 Å². The van der Waals surface area contributed by atoms with Crippen LogP contribution >= 0.6 is 0 Å². The molecule has 4 heteroatoms. The lowest BCUT2D eigenvalue weighted by molar-refractivity contribution is -0.117. The van der Waals surface area contributed by atoms with Gasteiger partial charge in [-0.1, -0.05) is 0 Å². The zero-order valence-electron chi connectivity index (χ0n) is 12.3. The Bertz CT molecular complexity index is 523. The van der Waals surface area contributed by atoms with Crippen molar-refractivity contribution in [2.45, 2.75) is 44.2 Å². The second-order valence-electron chi connectivity index (χ2n) is 6.63. The van der Waals surface area contributed by atoms with Crippen LogP contribution in [0.3, 0.4) is 0 Å². The Labute approximate surface area is 125 Å². The Morgan fingerprint density at radius 2 is 1.76 bits per heavy atom. The third kappa shape index (κ3) is 2.77. The molecule has 3 aliphatic rings. The second-order valence-corrected chi connectivity index (χ2v) is 6.63. The smallest absolute Gasteiger partial charge is 0.227 e. The van der Waals surface area contributed by atoms with Gasteiger partial charge in [-0.05, 0) is 62.9 Å². The van der Waals surface area contributed by atoms with E-state index in [1.807, 2.05) is 12.1 Å². The van der Waals surface area contributed by atoms with Crippen LogP contribution in [-0.4, -0.2) is 36.0 Å². The normalized spacial score (nSPS) is 28.4. The van der Waals surface area contributed by atoms with Crippen molar-refractivity contribution in [3.8, 4) is 0 Å². The lowest BCUT2D eigenvalue weighted by atomic mass is 10.1. The van der Waals surface area contributed by atoms with Crippen molar-refractivity contribution in [3.05, 3.63) is 24.3 Å². The van der Waals surface area contributed by atoms with E-state index in [2.05, 4.69) is 27.7 Å². The molecule has 1 saturated carbocycles. The summed E-state index contributed by atoms with van der Waals surface area (Å²) in [5, 5.41) is 6.66. The van der Waals surface area contributed by atoms with Gasteiger partial charge in [0, 0.05) is 35.9 Å². The van der Waals surface area contributed by atoms with Crippen molar-refractivity contribution in [3.63, 3.8) is 0 Å². The van der Waals surface area contributed by atoms with Crippen LogP contribution in [0.2, 0.25) is 0 Å². The van der Waals surface area contributed by atoms with Gasteiger partial charge in [-0.15, -0.1) is 0 Å². The molecule has 0 spiro atoms. The lowest BCUT2D eigenvalue weighted by Crippen LogP contribution is -2.33. The fourth-order valence-corrected chi connectivity index (χ4v) is 3.70. The first-order chi connectivity index (χ1) is 10.3. The largest absolute Gasteiger partial charge is 0.381 e. The summed E-state index contributed by atoms with van der Waals surface area (Å²) < 4.78 is 0. The molecule has 21 heavy (non-hydrogen) atoms. The molecule has 2 heterocycles. The molecule has 1 aromatic rings. The number of nitrogens with one attached hydrogen (secondary N) is 2. The standard InChI is InChI=1S/C17H23N3O/c21-17(12-3-4-12)19-14-7-5-13(6-8-14)18-15-9-11-20-10-1-2-16(15)20/h5-8,12,15-16,18H,1-4,9-11H2,(H,19,21). The zero-order chi connectivity index (χ0) is 14.2. The molecule has 2 atom stereocenters. The van der Waals surface area contributed by atoms with E-state index in [0.29, 0.717) is 6.04 Å². The molecule has 0 bridgehead atoms. The summed E-state index contributed by atoms with van der Waals surface area (Å²) in [6.07, 6.45) is 6.00. The molecule has 1 amide bonds. The summed E-state index contributed by atoms with van der Waals surface area (Å²) >= 11 is 0. The van der Waals surface area contributed by atoms with E-state index >= 15 is 0 Å². The quantitative estimate of drug-likeness (QED) is 0.894. The number of fused-ring (bicyclic) bond motifs is 1. The predicted octanol–water partition coefficient (Wildman–Crippen LogP) is 2.68. The van der Waals surface area contributed by atoms with E-state index in [4.69, 9.17) is 0 Å². The Kier molecular flexibility index (Phi) is 3.34. The predicted molar refractivity (Wildman–Crippen MR) is 84.4 cm³/mol. The number of hydrogen-bond donors (Lipinski definition) is 2. The Morgan fingerprint density at radius 1 is 1.00 bits per heavy atom. The molecule has 2 saturated heterocycles. The molecular formula is C17H23N3O. The summed E-state index contributed by atoms with van der Waals surface area (Å²) in [5.74, 6) is 0.433. The number of rotatable bonds is 4. The summed E-state index contributed by atoms with van der Waals surface area (Å²) in [6.45, 7) is 2.51. The minimum Gasteiger partial charge on any atom is -0.381 e. The Morgan fingerprint density at radius 3 is 2.52 bits per heavy atom. The lowest BCUT2D eigenvalue weighted by Gasteiger charge is -2.22. The highest BCUT2D eigenvalue weighted by atomic mass is 16.2. The monoisotopic (exact) mass is 285 g/mol. The van der Waals surface area contributed by atoms with Crippen LogP contribution in [0.15, 0.2) is 24.3 Å². The molecule has 2 aliphatic heterocycles. The van der Waals surface area contributed by atoms with Gasteiger partial charge >= 0.3 is 0 Å². The molecule has 2 unspecified atom stereocenters. The number of hydrogen-bond acceptors (Lipinski definition) is 3. The average molecular weight is 285 g/mol. The van der Waals surface area contributed by atoms with Gasteiger partial charge in [0.2, 0.25) is 5.91 Å². The van der Waals surface area contributed by atoms with Crippen LogP contribution in [0.1, 0.15) is 32.1 Å². The van der Waals surface area contributed by atoms with E-state index in [1.54, 1.807) is 0 Å². The minimum atomic E-state index is 0.174. The third-order valence-corrected chi connectivity index (χ3v) is 5.06. The van der Waals surface area contributed by atoms with E-state index in [9.17, 15) is 4.79 Å². The van der Waals surface area contributed by atoms with Gasteiger partial charge in [-0.3, -0.25) is 9.69 Å². The average Bonchev–Trinajstić information content (AvgIpc) is 3.13. The first kappa shape index (κ1) is 13.1. The molecule has 2 N–H and O–H groups in total. The van der Waals surface area contributed by atoms with Crippen LogP contribution < -0.4 is 10.6 Å². The molecule has 4 nitrogen and oxygen atoms in total. The third-order valence-electron chi connectivity index (χ3n) is 5.06. The van der Waals surface area contributed by atoms with Crippen molar-refractivity contribution in [1.82, 2.24) is 4.90 Å². The van der Waals surface area contributed by atoms with Crippen molar-refractivity contribution in [1.29, 1.82) is 0 Å². The van der Waals surface area contributed by atoms with E-state index < -0.39 is 0 Å². The topological polar surface area (TPSA) is 44.4 Å². The van der Waals surface area contributed by atoms with E-state index in [1.165, 1.54) is 32.4 Å². The van der Waals surface area contributed by atoms with Crippen LogP contribution in [0.4, 0.5) is 11.4 Å². The van der Waals surface area contributed by atoms with Crippen LogP contribution in [0.5, 0.6) is 0 Å². The molecule has 4 rings (SSSR count). The van der Waals surface area contributed by atoms with Crippen LogP contribution in [-0.2, 0) is 4.79 Å². The SMILES string of the molecule is O=C(Nc1ccc(NC2CCN3CCCC23)cc1)C1CC1. The number of carbonyl (C=O) groups excluding carboxylic acids is 1. The van der Waals surface area contributed by atoms with Gasteiger partial charge in [0.1, 0.15) is 0 Å². The van der Waals surface area contributed by atoms with E-state index in [-0.39, 0.29) is 11.8 Å². The summed E-state index contributed by atoms with van der Waals surface area (Å²) in [7, 11) is 0. The molecule has 3 fully saturated rings. The van der Waals surface area contributed by atoms with Crippen molar-refractivity contribution in [2.24, 2.45) is 5.92 Å². The number of carbonyl (C=O) groups is 1. The van der Waals surface area contributed by atoms with Gasteiger partial charge < -0.3 is 10.6 Å². The molecule has 0 aromatic heterocycles. The molecule has 0 radical (unpaired) electrons. The first-order valence-corrected chi connectivity index (χ1v) is 8.21. The van der Waals surface area contributed by atoms with Gasteiger partial charge in [0.15, 0.2) is 0 Å². The van der Waals surface area contributed by atoms with Gasteiger partial charge in [0.05, 0.1) is 0 Å². The molecule has 112 valence electrons. The summed E-state index contributed by atoms with van der Waals surface area (Å²) in [6, 6.07) is 9.48. The van der Waals surface area contributed by atoms with Gasteiger partial charge in [-0.25, -0.2) is 0 Å². The maximum atomic E-state index is 11.7. The van der Waals surface area contributed by atoms with Crippen molar-refractivity contribution < 1.29 is 4.79 Å². The van der Waals surface area contributed by atoms with Gasteiger partial charge in [0.25, 0.3) is 0 Å². The molecule has 1 aromatic carbocycles. The number of benzene rings is 1. The van der Waals surface area contributed by atoms with Crippen molar-refractivity contribution in [2.75, 3.05) is 23.7 Å². The van der Waals surface area contributed by atoms with Crippen LogP contribution in [0, 0.1) is 5.92 Å². The maximum Gasteiger partial charge on any atom is 0.227 e. The molecule has 1 aliphatic carbocycles. The van der Waals surface area contributed by atoms with E-state index in [0.717, 1.165) is 30.3 Å². The summed E-state index contributed by atoms with van der Waals surface area (Å²) in [4.78, 5) is 14.3. The Hall–Kier alpha value is -1.55. The number of anilines is 2. The molecular weight excluding hydrogens is 262 g/mol. The fraction of sp³-hybridized carbons (Fsp3) is 0.588. The highest BCUT2D eigenvalue weighted by Gasteiger charge is 2.36. The summed E-state index contributed by atoms with van der Waals surface area (Å²) in [5.41, 5.74) is 2.07. The minimum absolute atomic E-state index is 0.174. The van der Waals surface area contributed by atoms with Crippen molar-refractivity contribution >= 4 is 17.3 Å². The highest BCUT2D eigenvalue weighted by Crippen LogP contribution is 2.31. The fourth-order valence-electron chi connectivity index (χ4n) is 3.70. The number of nitrogens with zero attached hydrogens (tertiary/aromatic N) is 1. The zero-order valence-corrected chi connectivity index (χ0v) is 12.3. The Balaban J connectivity index is 1.36. The second kappa shape index (κ2) is 5.34. The maximum absolute atomic E-state index is 11.7.